The second-order valence-corrected chi connectivity index (χ2v) is 7.20. The summed E-state index contributed by atoms with van der Waals surface area (Å²) in [6.45, 7) is 1.37. The number of aliphatic hydroxyl groups excluding tert-OH is 1. The van der Waals surface area contributed by atoms with Gasteiger partial charge in [-0.05, 0) is 48.2 Å². The van der Waals surface area contributed by atoms with E-state index in [0.717, 1.165) is 17.7 Å². The number of piperidine rings is 1. The molecule has 1 unspecified atom stereocenters. The zero-order chi connectivity index (χ0) is 20.4. The van der Waals surface area contributed by atoms with Crippen LogP contribution in [0.15, 0.2) is 48.5 Å². The topological polar surface area (TPSA) is 52.9 Å². The lowest BCUT2D eigenvalue weighted by atomic mass is 9.83. The number of nitrogens with zero attached hydrogens (tertiary/aromatic N) is 1. The third-order valence-electron chi connectivity index (χ3n) is 5.34. The molecule has 0 amide bonds. The Balaban J connectivity index is 1.62. The number of rotatable bonds is 5. The van der Waals surface area contributed by atoms with Crippen LogP contribution in [0, 0.1) is 0 Å². The van der Waals surface area contributed by atoms with Gasteiger partial charge in [0, 0.05) is 19.6 Å². The van der Waals surface area contributed by atoms with Gasteiger partial charge in [-0.15, -0.1) is 0 Å². The van der Waals surface area contributed by atoms with Gasteiger partial charge in [0.2, 0.25) is 0 Å². The molecule has 7 heteroatoms. The van der Waals surface area contributed by atoms with E-state index in [-0.39, 0.29) is 5.56 Å². The quantitative estimate of drug-likeness (QED) is 0.810. The molecule has 3 rings (SSSR count). The van der Waals surface area contributed by atoms with E-state index in [2.05, 4.69) is 0 Å². The van der Waals surface area contributed by atoms with Gasteiger partial charge in [0.25, 0.3) is 0 Å². The van der Waals surface area contributed by atoms with Crippen molar-refractivity contribution in [1.29, 1.82) is 0 Å². The zero-order valence-corrected chi connectivity index (χ0v) is 15.6. The van der Waals surface area contributed by atoms with Gasteiger partial charge in [-0.3, -0.25) is 0 Å². The molecule has 1 aliphatic heterocycles. The van der Waals surface area contributed by atoms with Crippen LogP contribution in [0.1, 0.15) is 35.6 Å². The molecule has 0 bridgehead atoms. The second-order valence-electron chi connectivity index (χ2n) is 7.20. The number of ether oxygens (including phenoxy) is 1. The predicted molar refractivity (Wildman–Crippen MR) is 99.0 cm³/mol. The molecule has 28 heavy (non-hydrogen) atoms. The molecule has 152 valence electrons. The number of β-amino-alcohol motifs (C(OH)–C–C–N with tert-alkyl or cyclic N) is 1. The van der Waals surface area contributed by atoms with Gasteiger partial charge < -0.3 is 19.8 Å². The van der Waals surface area contributed by atoms with E-state index < -0.39 is 23.4 Å². The summed E-state index contributed by atoms with van der Waals surface area (Å²) in [5.41, 5.74) is -0.990. The van der Waals surface area contributed by atoms with Crippen LogP contribution in [0.3, 0.4) is 0 Å². The van der Waals surface area contributed by atoms with E-state index in [1.165, 1.54) is 12.1 Å². The Morgan fingerprint density at radius 2 is 1.75 bits per heavy atom. The minimum atomic E-state index is -4.43. The molecule has 0 spiro atoms. The average Bonchev–Trinajstić information content (AvgIpc) is 2.69. The van der Waals surface area contributed by atoms with Crippen LogP contribution in [0.2, 0.25) is 0 Å². The van der Waals surface area contributed by atoms with Crippen LogP contribution in [-0.4, -0.2) is 41.9 Å². The number of methoxy groups -OCH3 is 1. The van der Waals surface area contributed by atoms with Crippen LogP contribution in [0.4, 0.5) is 13.2 Å². The lowest BCUT2D eigenvalue weighted by molar-refractivity contribution is -0.137. The molecule has 1 fully saturated rings. The van der Waals surface area contributed by atoms with Crippen molar-refractivity contribution in [1.82, 2.24) is 4.90 Å². The Morgan fingerprint density at radius 1 is 1.11 bits per heavy atom. The number of hydrogen-bond donors (Lipinski definition) is 2. The fourth-order valence-electron chi connectivity index (χ4n) is 3.56. The molecular formula is C21H24F3NO3. The van der Waals surface area contributed by atoms with Crippen molar-refractivity contribution in [2.24, 2.45) is 0 Å². The Morgan fingerprint density at radius 3 is 2.32 bits per heavy atom. The largest absolute Gasteiger partial charge is 0.497 e. The first-order chi connectivity index (χ1) is 13.2. The van der Waals surface area contributed by atoms with E-state index in [0.29, 0.717) is 38.2 Å². The minimum absolute atomic E-state index is 0.290. The maximum Gasteiger partial charge on any atom is 0.416 e. The molecule has 4 nitrogen and oxygen atoms in total. The van der Waals surface area contributed by atoms with Gasteiger partial charge in [0.15, 0.2) is 0 Å². The summed E-state index contributed by atoms with van der Waals surface area (Å²) in [7, 11) is 1.57. The van der Waals surface area contributed by atoms with Crippen LogP contribution in [0.5, 0.6) is 5.75 Å². The lowest BCUT2D eigenvalue weighted by Crippen LogP contribution is -2.44. The molecule has 0 saturated carbocycles. The number of benzene rings is 2. The van der Waals surface area contributed by atoms with E-state index in [1.807, 2.05) is 4.90 Å². The molecule has 1 heterocycles. The van der Waals surface area contributed by atoms with Crippen LogP contribution >= 0.6 is 0 Å². The summed E-state index contributed by atoms with van der Waals surface area (Å²) in [5, 5.41) is 21.3. The van der Waals surface area contributed by atoms with Gasteiger partial charge in [-0.2, -0.15) is 13.2 Å². The summed E-state index contributed by atoms with van der Waals surface area (Å²) in [6, 6.07) is 12.1. The highest BCUT2D eigenvalue weighted by atomic mass is 19.4. The van der Waals surface area contributed by atoms with Crippen LogP contribution in [0.25, 0.3) is 0 Å². The van der Waals surface area contributed by atoms with Gasteiger partial charge in [0.1, 0.15) is 5.75 Å². The van der Waals surface area contributed by atoms with Crippen LogP contribution < -0.4 is 4.74 Å². The number of alkyl halides is 3. The van der Waals surface area contributed by atoms with E-state index in [1.54, 1.807) is 31.4 Å². The summed E-state index contributed by atoms with van der Waals surface area (Å²) in [6.07, 6.45) is -4.51. The number of halogens is 3. The Kier molecular flexibility index (Phi) is 5.98. The van der Waals surface area contributed by atoms with E-state index in [4.69, 9.17) is 4.74 Å². The van der Waals surface area contributed by atoms with Crippen LogP contribution in [-0.2, 0) is 11.8 Å². The number of aliphatic hydroxyl groups is 2. The molecule has 0 aromatic heterocycles. The van der Waals surface area contributed by atoms with Crippen molar-refractivity contribution in [3.63, 3.8) is 0 Å². The molecule has 0 aliphatic carbocycles. The fraction of sp³-hybridized carbons (Fsp3) is 0.429. The summed E-state index contributed by atoms with van der Waals surface area (Å²) < 4.78 is 43.9. The first kappa shape index (κ1) is 20.6. The molecule has 0 radical (unpaired) electrons. The molecule has 1 atom stereocenters. The van der Waals surface area contributed by atoms with Crippen molar-refractivity contribution < 1.29 is 28.1 Å². The first-order valence-corrected chi connectivity index (χ1v) is 9.16. The summed E-state index contributed by atoms with van der Waals surface area (Å²) in [4.78, 5) is 2.01. The normalized spacial score (nSPS) is 18.6. The molecule has 1 aliphatic rings. The first-order valence-electron chi connectivity index (χ1n) is 9.16. The molecule has 2 aromatic rings. The van der Waals surface area contributed by atoms with Crippen molar-refractivity contribution in [3.05, 3.63) is 65.2 Å². The molecule has 2 N–H and O–H groups in total. The van der Waals surface area contributed by atoms with Gasteiger partial charge >= 0.3 is 6.18 Å². The smallest absolute Gasteiger partial charge is 0.416 e. The number of likely N-dealkylation sites (tertiary alicyclic amines) is 1. The van der Waals surface area contributed by atoms with E-state index >= 15 is 0 Å². The SMILES string of the molecule is COc1ccc(C(O)CN2CCC(O)(c3cccc(C(F)(F)F)c3)CC2)cc1. The summed E-state index contributed by atoms with van der Waals surface area (Å²) in [5.74, 6) is 0.708. The third-order valence-corrected chi connectivity index (χ3v) is 5.34. The van der Waals surface area contributed by atoms with Gasteiger partial charge in [0.05, 0.1) is 24.4 Å². The minimum Gasteiger partial charge on any atom is -0.497 e. The lowest BCUT2D eigenvalue weighted by Gasteiger charge is -2.39. The highest BCUT2D eigenvalue weighted by Crippen LogP contribution is 2.37. The van der Waals surface area contributed by atoms with Gasteiger partial charge in [-0.1, -0.05) is 24.3 Å². The molecule has 1 saturated heterocycles. The zero-order valence-electron chi connectivity index (χ0n) is 15.6. The summed E-state index contributed by atoms with van der Waals surface area (Å²) >= 11 is 0. The average molecular weight is 395 g/mol. The third kappa shape index (κ3) is 4.66. The maximum atomic E-state index is 12.9. The predicted octanol–water partition coefficient (Wildman–Crippen LogP) is 3.73. The maximum absolute atomic E-state index is 12.9. The molecular weight excluding hydrogens is 371 g/mol. The Labute approximate surface area is 162 Å². The highest BCUT2D eigenvalue weighted by Gasteiger charge is 2.37. The standard InChI is InChI=1S/C21H24F3NO3/c1-28-18-7-5-15(6-8-18)19(26)14-25-11-9-20(27,10-12-25)16-3-2-4-17(13-16)21(22,23)24/h2-8,13,19,26-27H,9-12,14H2,1H3. The fourth-order valence-corrected chi connectivity index (χ4v) is 3.56. The number of hydrogen-bond acceptors (Lipinski definition) is 4. The van der Waals surface area contributed by atoms with E-state index in [9.17, 15) is 23.4 Å². The Bertz CT molecular complexity index is 784. The highest BCUT2D eigenvalue weighted by molar-refractivity contribution is 5.31. The van der Waals surface area contributed by atoms with Crippen molar-refractivity contribution in [3.8, 4) is 5.75 Å². The van der Waals surface area contributed by atoms with Crippen molar-refractivity contribution in [2.45, 2.75) is 30.7 Å². The van der Waals surface area contributed by atoms with Crippen molar-refractivity contribution in [2.75, 3.05) is 26.7 Å². The Hall–Kier alpha value is -2.09. The second kappa shape index (κ2) is 8.11. The van der Waals surface area contributed by atoms with Crippen molar-refractivity contribution >= 4 is 0 Å². The molecule has 2 aromatic carbocycles. The monoisotopic (exact) mass is 395 g/mol. The van der Waals surface area contributed by atoms with Gasteiger partial charge in [-0.25, -0.2) is 0 Å².